The van der Waals surface area contributed by atoms with Gasteiger partial charge in [0, 0.05) is 5.25 Å². The molecule has 0 heterocycles. The molecule has 1 unspecified atom stereocenters. The molecule has 0 aromatic rings. The van der Waals surface area contributed by atoms with E-state index in [1.165, 1.54) is 11.8 Å². The molecule has 60 valence electrons. The van der Waals surface area contributed by atoms with E-state index in [0.717, 1.165) is 0 Å². The van der Waals surface area contributed by atoms with Gasteiger partial charge in [-0.2, -0.15) is 5.26 Å². The fourth-order valence-electron chi connectivity index (χ4n) is 0.432. The van der Waals surface area contributed by atoms with Gasteiger partial charge in [-0.25, -0.2) is 4.99 Å². The number of thiocyanates is 1. The first-order valence-electron chi connectivity index (χ1n) is 3.18. The average molecular weight is 186 g/mol. The average Bonchev–Trinajstić information content (AvgIpc) is 1.88. The summed E-state index contributed by atoms with van der Waals surface area (Å²) in [7, 11) is 0. The van der Waals surface area contributed by atoms with Crippen LogP contribution in [0.4, 0.5) is 0 Å². The van der Waals surface area contributed by atoms with Gasteiger partial charge in [0.15, 0.2) is 0 Å². The van der Waals surface area contributed by atoms with Crippen molar-refractivity contribution in [3.63, 3.8) is 0 Å². The van der Waals surface area contributed by atoms with Crippen LogP contribution < -0.4 is 0 Å². The molecular weight excluding hydrogens is 176 g/mol. The number of nitrogens with zero attached hydrogens (tertiary/aromatic N) is 2. The zero-order valence-electron chi connectivity index (χ0n) is 6.79. The summed E-state index contributed by atoms with van der Waals surface area (Å²) in [6.45, 7) is 5.81. The van der Waals surface area contributed by atoms with Crippen LogP contribution in [0.1, 0.15) is 20.8 Å². The molecule has 11 heavy (non-hydrogen) atoms. The first kappa shape index (κ1) is 10.6. The zero-order chi connectivity index (χ0) is 8.91. The van der Waals surface area contributed by atoms with Crippen molar-refractivity contribution in [3.8, 4) is 5.40 Å². The summed E-state index contributed by atoms with van der Waals surface area (Å²) in [5.74, 6) is 0. The highest BCUT2D eigenvalue weighted by molar-refractivity contribution is 8.04. The summed E-state index contributed by atoms with van der Waals surface area (Å²) < 4.78 is 0. The number of thiocarbonyl (C=S) groups is 1. The molecule has 0 aliphatic rings. The number of hydrogen-bond acceptors (Lipinski definition) is 4. The van der Waals surface area contributed by atoms with E-state index in [1.807, 2.05) is 26.2 Å². The molecule has 2 nitrogen and oxygen atoms in total. The van der Waals surface area contributed by atoms with Crippen LogP contribution in [0.25, 0.3) is 0 Å². The van der Waals surface area contributed by atoms with E-state index in [2.05, 4.69) is 22.4 Å². The highest BCUT2D eigenvalue weighted by Gasteiger charge is 2.25. The van der Waals surface area contributed by atoms with Gasteiger partial charge in [0.25, 0.3) is 0 Å². The van der Waals surface area contributed by atoms with E-state index in [1.54, 1.807) is 0 Å². The summed E-state index contributed by atoms with van der Waals surface area (Å²) in [5, 5.41) is 12.9. The summed E-state index contributed by atoms with van der Waals surface area (Å²) in [6.07, 6.45) is 0. The van der Waals surface area contributed by atoms with Gasteiger partial charge in [0.2, 0.25) is 0 Å². The van der Waals surface area contributed by atoms with Crippen molar-refractivity contribution < 1.29 is 0 Å². The third kappa shape index (κ3) is 3.52. The van der Waals surface area contributed by atoms with Gasteiger partial charge < -0.3 is 0 Å². The van der Waals surface area contributed by atoms with Crippen LogP contribution in [0.3, 0.4) is 0 Å². The van der Waals surface area contributed by atoms with Crippen molar-refractivity contribution in [2.45, 2.75) is 31.6 Å². The Kier molecular flexibility index (Phi) is 4.36. The number of hydrogen-bond donors (Lipinski definition) is 0. The van der Waals surface area contributed by atoms with Crippen LogP contribution in [0.2, 0.25) is 0 Å². The second-order valence-electron chi connectivity index (χ2n) is 2.71. The van der Waals surface area contributed by atoms with E-state index >= 15 is 0 Å². The molecule has 0 aromatic heterocycles. The van der Waals surface area contributed by atoms with Crippen molar-refractivity contribution in [1.82, 2.24) is 0 Å². The smallest absolute Gasteiger partial charge is 0.133 e. The fraction of sp³-hybridized carbons (Fsp3) is 0.714. The Morgan fingerprint density at radius 3 is 2.55 bits per heavy atom. The largest absolute Gasteiger partial charge is 0.225 e. The number of aliphatic imine (C=N–C) groups is 1. The lowest BCUT2D eigenvalue weighted by Crippen LogP contribution is -2.28. The molecule has 0 aliphatic heterocycles. The van der Waals surface area contributed by atoms with Gasteiger partial charge in [0.1, 0.15) is 5.40 Å². The van der Waals surface area contributed by atoms with E-state index in [-0.39, 0.29) is 10.8 Å². The molecule has 0 rings (SSSR count). The molecular formula is C7H10N2S2. The Bertz CT molecular complexity index is 211. The molecule has 0 aliphatic carbocycles. The number of rotatable bonds is 3. The Morgan fingerprint density at radius 2 is 2.18 bits per heavy atom. The van der Waals surface area contributed by atoms with E-state index < -0.39 is 0 Å². The predicted octanol–water partition coefficient (Wildman–Crippen LogP) is 2.47. The molecule has 0 spiro atoms. The lowest BCUT2D eigenvalue weighted by atomic mass is 10.0. The fourth-order valence-corrected chi connectivity index (χ4v) is 1.17. The summed E-state index contributed by atoms with van der Waals surface area (Å²) in [6, 6.07) is 0. The van der Waals surface area contributed by atoms with Crippen molar-refractivity contribution in [1.29, 1.82) is 5.26 Å². The Labute approximate surface area is 76.7 Å². The quantitative estimate of drug-likeness (QED) is 0.386. The maximum Gasteiger partial charge on any atom is 0.133 e. The molecule has 1 atom stereocenters. The Morgan fingerprint density at radius 1 is 1.64 bits per heavy atom. The number of isothiocyanates is 1. The van der Waals surface area contributed by atoms with Crippen LogP contribution >= 0.6 is 24.0 Å². The monoisotopic (exact) mass is 186 g/mol. The Hall–Kier alpha value is -0.360. The van der Waals surface area contributed by atoms with Crippen LogP contribution in [0, 0.1) is 10.7 Å². The van der Waals surface area contributed by atoms with E-state index in [4.69, 9.17) is 5.26 Å². The van der Waals surface area contributed by atoms with Crippen LogP contribution in [0.5, 0.6) is 0 Å². The predicted molar refractivity (Wildman–Crippen MR) is 51.8 cm³/mol. The van der Waals surface area contributed by atoms with Crippen molar-refractivity contribution >= 4 is 29.1 Å². The molecule has 0 saturated heterocycles. The summed E-state index contributed by atoms with van der Waals surface area (Å²) in [4.78, 5) is 3.97. The second-order valence-corrected chi connectivity index (χ2v) is 4.02. The third-order valence-electron chi connectivity index (χ3n) is 1.56. The van der Waals surface area contributed by atoms with Gasteiger partial charge in [-0.1, -0.05) is 0 Å². The molecule has 0 saturated carbocycles. The molecule has 0 radical (unpaired) electrons. The highest BCUT2D eigenvalue weighted by atomic mass is 32.2. The molecule has 0 amide bonds. The minimum absolute atomic E-state index is 0.142. The first-order chi connectivity index (χ1) is 5.04. The summed E-state index contributed by atoms with van der Waals surface area (Å²) >= 11 is 5.70. The van der Waals surface area contributed by atoms with Crippen molar-refractivity contribution in [2.24, 2.45) is 4.99 Å². The highest BCUT2D eigenvalue weighted by Crippen LogP contribution is 2.24. The van der Waals surface area contributed by atoms with Gasteiger partial charge in [-0.05, 0) is 44.8 Å². The van der Waals surface area contributed by atoms with Gasteiger partial charge in [0.05, 0.1) is 10.7 Å². The number of nitriles is 1. The molecule has 0 fully saturated rings. The minimum atomic E-state index is -0.290. The Balaban J connectivity index is 4.30. The van der Waals surface area contributed by atoms with Gasteiger partial charge in [-0.15, -0.1) is 0 Å². The van der Waals surface area contributed by atoms with Gasteiger partial charge >= 0.3 is 0 Å². The lowest BCUT2D eigenvalue weighted by molar-refractivity contribution is 0.523. The van der Waals surface area contributed by atoms with Crippen LogP contribution in [0.15, 0.2) is 4.99 Å². The molecule has 0 N–H and O–H groups in total. The van der Waals surface area contributed by atoms with E-state index in [9.17, 15) is 0 Å². The van der Waals surface area contributed by atoms with Gasteiger partial charge in [-0.3, -0.25) is 0 Å². The molecule has 0 bridgehead atoms. The van der Waals surface area contributed by atoms with Crippen LogP contribution in [-0.4, -0.2) is 16.0 Å². The third-order valence-corrected chi connectivity index (χ3v) is 2.69. The molecule has 4 heteroatoms. The standard InChI is InChI=1S/C7H10N2S2/c1-6(11-4-8)7(2,3)9-5-10/h6H,1-3H3. The van der Waals surface area contributed by atoms with Crippen molar-refractivity contribution in [3.05, 3.63) is 0 Å². The van der Waals surface area contributed by atoms with E-state index in [0.29, 0.717) is 0 Å². The normalized spacial score (nSPS) is 12.9. The first-order valence-corrected chi connectivity index (χ1v) is 4.47. The second kappa shape index (κ2) is 4.50. The topological polar surface area (TPSA) is 36.1 Å². The lowest BCUT2D eigenvalue weighted by Gasteiger charge is -2.22. The number of thioether (sulfide) groups is 1. The van der Waals surface area contributed by atoms with Crippen LogP contribution in [-0.2, 0) is 0 Å². The van der Waals surface area contributed by atoms with Crippen molar-refractivity contribution in [2.75, 3.05) is 0 Å². The molecule has 0 aromatic carbocycles. The zero-order valence-corrected chi connectivity index (χ0v) is 8.42. The minimum Gasteiger partial charge on any atom is -0.225 e. The maximum atomic E-state index is 8.39. The summed E-state index contributed by atoms with van der Waals surface area (Å²) in [5.41, 5.74) is -0.290. The maximum absolute atomic E-state index is 8.39. The SMILES string of the molecule is CC(SC#N)C(C)(C)N=C=S.